The van der Waals surface area contributed by atoms with Gasteiger partial charge in [0.05, 0.1) is 5.56 Å². The van der Waals surface area contributed by atoms with Crippen LogP contribution in [0.1, 0.15) is 74.4 Å². The molecule has 1 aliphatic carbocycles. The highest BCUT2D eigenvalue weighted by Gasteiger charge is 2.24. The van der Waals surface area contributed by atoms with Crippen LogP contribution in [0.15, 0.2) is 77.8 Å². The van der Waals surface area contributed by atoms with E-state index in [0.717, 1.165) is 47.6 Å². The topological polar surface area (TPSA) is 46.4 Å². The van der Waals surface area contributed by atoms with Gasteiger partial charge in [-0.15, -0.1) is 11.3 Å². The largest absolute Gasteiger partial charge is 0.340 e. The van der Waals surface area contributed by atoms with E-state index in [1.807, 2.05) is 30.5 Å². The Kier molecular flexibility index (Phi) is 7.89. The Balaban J connectivity index is 1.40. The van der Waals surface area contributed by atoms with Gasteiger partial charge < -0.3 is 9.88 Å². The summed E-state index contributed by atoms with van der Waals surface area (Å²) >= 11 is 1.70. The molecule has 0 fully saturated rings. The Hall–Kier alpha value is -3.96. The molecule has 0 bridgehead atoms. The number of amides is 1. The van der Waals surface area contributed by atoms with Gasteiger partial charge in [-0.2, -0.15) is 0 Å². The van der Waals surface area contributed by atoms with Gasteiger partial charge in [-0.3, -0.25) is 4.79 Å². The van der Waals surface area contributed by atoms with E-state index in [2.05, 4.69) is 79.2 Å². The fraction of sp³-hybridized carbons (Fsp3) is 0.278. The van der Waals surface area contributed by atoms with E-state index in [0.29, 0.717) is 0 Å². The lowest BCUT2D eigenvalue weighted by molar-refractivity contribution is 0.102. The monoisotopic (exact) mass is 559 g/mol. The molecule has 1 N–H and O–H groups in total. The third-order valence-corrected chi connectivity index (χ3v) is 9.40. The minimum absolute atomic E-state index is 0.0577. The molecule has 6 rings (SSSR count). The number of para-hydroxylation sites is 1. The maximum Gasteiger partial charge on any atom is 0.259 e. The van der Waals surface area contributed by atoms with Crippen molar-refractivity contribution >= 4 is 45.0 Å². The smallest absolute Gasteiger partial charge is 0.259 e. The molecule has 41 heavy (non-hydrogen) atoms. The summed E-state index contributed by atoms with van der Waals surface area (Å²) in [5, 5.41) is 5.16. The van der Waals surface area contributed by atoms with Crippen LogP contribution in [0.5, 0.6) is 0 Å². The van der Waals surface area contributed by atoms with Gasteiger partial charge in [0, 0.05) is 45.5 Å². The predicted octanol–water partition coefficient (Wildman–Crippen LogP) is 9.34. The van der Waals surface area contributed by atoms with Crippen LogP contribution in [0.2, 0.25) is 0 Å². The van der Waals surface area contributed by atoms with Gasteiger partial charge in [0.15, 0.2) is 0 Å². The quantitative estimate of drug-likeness (QED) is 0.207. The minimum atomic E-state index is -0.0577. The number of hydrogen-bond acceptors (Lipinski definition) is 3. The second kappa shape index (κ2) is 11.9. The molecule has 208 valence electrons. The van der Waals surface area contributed by atoms with Crippen LogP contribution in [0.3, 0.4) is 0 Å². The van der Waals surface area contributed by atoms with Crippen molar-refractivity contribution in [1.82, 2.24) is 4.57 Å². The molecule has 0 atom stereocenters. The zero-order chi connectivity index (χ0) is 28.3. The van der Waals surface area contributed by atoms with E-state index < -0.39 is 0 Å². The second-order valence-corrected chi connectivity index (χ2v) is 12.4. The molecule has 0 saturated carbocycles. The van der Waals surface area contributed by atoms with Crippen LogP contribution in [-0.4, -0.2) is 16.7 Å². The molecule has 0 saturated heterocycles. The number of carbonyl (C=O) groups is 1. The Morgan fingerprint density at radius 3 is 2.49 bits per heavy atom. The van der Waals surface area contributed by atoms with E-state index in [-0.39, 0.29) is 5.91 Å². The first-order chi connectivity index (χ1) is 20.0. The van der Waals surface area contributed by atoms with Gasteiger partial charge in [0.1, 0.15) is 5.00 Å². The Morgan fingerprint density at radius 1 is 0.902 bits per heavy atom. The molecule has 3 aromatic carbocycles. The summed E-state index contributed by atoms with van der Waals surface area (Å²) in [6.07, 6.45) is 8.70. The molecule has 0 unspecified atom stereocenters. The summed E-state index contributed by atoms with van der Waals surface area (Å²) in [6, 6.07) is 25.3. The van der Waals surface area contributed by atoms with Gasteiger partial charge in [0.25, 0.3) is 5.91 Å². The average Bonchev–Trinajstić information content (AvgIpc) is 3.42. The fourth-order valence-electron chi connectivity index (χ4n) is 6.00. The first-order valence-corrected chi connectivity index (χ1v) is 15.5. The van der Waals surface area contributed by atoms with E-state index in [4.69, 9.17) is 4.99 Å². The number of nitrogens with one attached hydrogen (secondary N) is 1. The van der Waals surface area contributed by atoms with Crippen LogP contribution in [0.25, 0.3) is 10.9 Å². The first kappa shape index (κ1) is 27.2. The molecule has 5 heteroatoms. The number of benzene rings is 3. The molecule has 1 amide bonds. The van der Waals surface area contributed by atoms with Crippen molar-refractivity contribution in [3.8, 4) is 0 Å². The molecule has 5 aromatic rings. The normalized spacial score (nSPS) is 13.7. The van der Waals surface area contributed by atoms with Crippen LogP contribution in [0, 0.1) is 20.8 Å². The summed E-state index contributed by atoms with van der Waals surface area (Å²) in [5.41, 5.74) is 9.98. The lowest BCUT2D eigenvalue weighted by Crippen LogP contribution is -2.14. The van der Waals surface area contributed by atoms with Gasteiger partial charge >= 0.3 is 0 Å². The summed E-state index contributed by atoms with van der Waals surface area (Å²) < 4.78 is 2.38. The maximum atomic E-state index is 13.8. The fourth-order valence-corrected chi connectivity index (χ4v) is 7.23. The van der Waals surface area contributed by atoms with E-state index in [1.165, 1.54) is 63.0 Å². The van der Waals surface area contributed by atoms with Crippen molar-refractivity contribution in [1.29, 1.82) is 0 Å². The second-order valence-electron chi connectivity index (χ2n) is 11.3. The Labute approximate surface area is 246 Å². The lowest BCUT2D eigenvalue weighted by atomic mass is 9.96. The third-order valence-electron chi connectivity index (χ3n) is 8.20. The number of hydrogen-bond donors (Lipinski definition) is 1. The first-order valence-electron chi connectivity index (χ1n) is 14.7. The third kappa shape index (κ3) is 5.77. The molecular formula is C36H37N3OS. The van der Waals surface area contributed by atoms with Crippen LogP contribution in [0.4, 0.5) is 10.7 Å². The summed E-state index contributed by atoms with van der Waals surface area (Å²) in [4.78, 5) is 20.2. The van der Waals surface area contributed by atoms with Gasteiger partial charge in [-0.25, -0.2) is 4.99 Å². The van der Waals surface area contributed by atoms with Gasteiger partial charge in [-0.05, 0) is 75.8 Å². The summed E-state index contributed by atoms with van der Waals surface area (Å²) in [7, 11) is 0. The van der Waals surface area contributed by atoms with Crippen molar-refractivity contribution in [3.05, 3.63) is 117 Å². The average molecular weight is 560 g/mol. The predicted molar refractivity (Wildman–Crippen MR) is 174 cm³/mol. The zero-order valence-electron chi connectivity index (χ0n) is 24.2. The minimum Gasteiger partial charge on any atom is -0.340 e. The SMILES string of the molecule is Cc1ccc(NC(=O)c2c(N=Cc3c(C)n(Cc4cccc(C)c4)c4ccccc34)sc3c2CCCCCC3)cc1. The molecule has 0 radical (unpaired) electrons. The number of aromatic nitrogens is 1. The molecule has 0 aliphatic heterocycles. The number of aryl methyl sites for hydroxylation is 3. The summed E-state index contributed by atoms with van der Waals surface area (Å²) in [6.45, 7) is 7.18. The number of aliphatic imine (C=N–C) groups is 1. The standard InChI is InChI=1S/C36H37N3OS/c1-24-17-19-28(20-18-24)38-35(40)34-30-14-6-4-5-7-16-33(30)41-36(34)37-22-31-26(3)39(32-15-9-8-13-29(31)32)23-27-12-10-11-25(2)21-27/h8-13,15,17-22H,4-7,14,16,23H2,1-3H3,(H,38,40). The molecule has 4 nitrogen and oxygen atoms in total. The molecule has 1 aliphatic rings. The van der Waals surface area contributed by atoms with Crippen molar-refractivity contribution in [3.63, 3.8) is 0 Å². The van der Waals surface area contributed by atoms with Crippen molar-refractivity contribution in [2.24, 2.45) is 4.99 Å². The van der Waals surface area contributed by atoms with Crippen LogP contribution in [-0.2, 0) is 19.4 Å². The number of anilines is 1. The zero-order valence-corrected chi connectivity index (χ0v) is 25.0. The van der Waals surface area contributed by atoms with E-state index in [9.17, 15) is 4.79 Å². The van der Waals surface area contributed by atoms with Crippen LogP contribution < -0.4 is 5.32 Å². The number of carbonyl (C=O) groups excluding carboxylic acids is 1. The molecule has 0 spiro atoms. The number of nitrogens with zero attached hydrogens (tertiary/aromatic N) is 2. The van der Waals surface area contributed by atoms with Crippen molar-refractivity contribution < 1.29 is 4.79 Å². The number of thiophene rings is 1. The number of fused-ring (bicyclic) bond motifs is 2. The summed E-state index contributed by atoms with van der Waals surface area (Å²) in [5.74, 6) is -0.0577. The maximum absolute atomic E-state index is 13.8. The molecular weight excluding hydrogens is 522 g/mol. The highest BCUT2D eigenvalue weighted by Crippen LogP contribution is 2.40. The van der Waals surface area contributed by atoms with E-state index >= 15 is 0 Å². The van der Waals surface area contributed by atoms with Gasteiger partial charge in [-0.1, -0.05) is 78.6 Å². The molecule has 2 aromatic heterocycles. The number of rotatable bonds is 6. The van der Waals surface area contributed by atoms with Gasteiger partial charge in [0.2, 0.25) is 0 Å². The van der Waals surface area contributed by atoms with Crippen LogP contribution >= 0.6 is 11.3 Å². The molecule has 2 heterocycles. The Morgan fingerprint density at radius 2 is 1.68 bits per heavy atom. The van der Waals surface area contributed by atoms with Crippen molar-refractivity contribution in [2.45, 2.75) is 65.8 Å². The Bertz CT molecular complexity index is 1740. The van der Waals surface area contributed by atoms with Crippen molar-refractivity contribution in [2.75, 3.05) is 5.32 Å². The van der Waals surface area contributed by atoms with E-state index in [1.54, 1.807) is 11.3 Å². The highest BCUT2D eigenvalue weighted by atomic mass is 32.1. The highest BCUT2D eigenvalue weighted by molar-refractivity contribution is 7.16. The lowest BCUT2D eigenvalue weighted by Gasteiger charge is -2.12.